The van der Waals surface area contributed by atoms with Crippen molar-refractivity contribution in [3.63, 3.8) is 0 Å². The molecule has 29 heavy (non-hydrogen) atoms. The number of hydrogen-bond donors (Lipinski definition) is 0. The van der Waals surface area contributed by atoms with Crippen molar-refractivity contribution in [1.82, 2.24) is 4.90 Å². The van der Waals surface area contributed by atoms with Gasteiger partial charge in [0, 0.05) is 28.7 Å². The van der Waals surface area contributed by atoms with E-state index in [1.54, 1.807) is 28.9 Å². The van der Waals surface area contributed by atoms with Crippen LogP contribution in [-0.4, -0.2) is 35.8 Å². The second kappa shape index (κ2) is 8.21. The Morgan fingerprint density at radius 3 is 2.41 bits per heavy atom. The Hall–Kier alpha value is -2.92. The molecule has 1 unspecified atom stereocenters. The van der Waals surface area contributed by atoms with Crippen molar-refractivity contribution in [2.24, 2.45) is 0 Å². The van der Waals surface area contributed by atoms with Crippen molar-refractivity contribution in [3.05, 3.63) is 88.9 Å². The minimum absolute atomic E-state index is 0.0667. The van der Waals surface area contributed by atoms with Gasteiger partial charge in [0.2, 0.25) is 5.91 Å². The summed E-state index contributed by atoms with van der Waals surface area (Å²) in [5.74, 6) is -0.189. The number of benzene rings is 3. The summed E-state index contributed by atoms with van der Waals surface area (Å²) in [5.41, 5.74) is 3.54. The van der Waals surface area contributed by atoms with Crippen LogP contribution in [0.15, 0.2) is 83.3 Å². The molecule has 0 N–H and O–H groups in total. The van der Waals surface area contributed by atoms with Gasteiger partial charge in [0.05, 0.1) is 5.69 Å². The molecule has 146 valence electrons. The first-order valence-corrected chi connectivity index (χ1v) is 10.4. The molecule has 1 aliphatic rings. The molecule has 2 amide bonds. The van der Waals surface area contributed by atoms with Gasteiger partial charge in [-0.25, -0.2) is 0 Å². The molecule has 1 fully saturated rings. The third kappa shape index (κ3) is 3.83. The monoisotopic (exact) mass is 448 g/mol. The zero-order valence-electron chi connectivity index (χ0n) is 16.1. The van der Waals surface area contributed by atoms with Crippen LogP contribution in [0.5, 0.6) is 0 Å². The van der Waals surface area contributed by atoms with Gasteiger partial charge < -0.3 is 9.80 Å². The summed E-state index contributed by atoms with van der Waals surface area (Å²) in [6.07, 6.45) is 0. The van der Waals surface area contributed by atoms with Crippen LogP contribution < -0.4 is 4.90 Å². The van der Waals surface area contributed by atoms with E-state index in [1.165, 1.54) is 0 Å². The van der Waals surface area contributed by atoms with E-state index in [-0.39, 0.29) is 11.8 Å². The van der Waals surface area contributed by atoms with Gasteiger partial charge in [-0.3, -0.25) is 9.59 Å². The maximum absolute atomic E-state index is 13.2. The predicted octanol–water partition coefficient (Wildman–Crippen LogP) is 4.99. The Kier molecular flexibility index (Phi) is 5.49. The van der Waals surface area contributed by atoms with Crippen LogP contribution in [-0.2, 0) is 4.79 Å². The minimum atomic E-state index is -0.529. The van der Waals surface area contributed by atoms with Crippen LogP contribution >= 0.6 is 15.9 Å². The molecule has 4 nitrogen and oxygen atoms in total. The highest BCUT2D eigenvalue weighted by atomic mass is 79.9. The van der Waals surface area contributed by atoms with Gasteiger partial charge in [-0.2, -0.15) is 0 Å². The maximum Gasteiger partial charge on any atom is 0.254 e. The van der Waals surface area contributed by atoms with Crippen molar-refractivity contribution < 1.29 is 9.59 Å². The van der Waals surface area contributed by atoms with Crippen LogP contribution in [0.25, 0.3) is 11.1 Å². The molecule has 0 saturated carbocycles. The van der Waals surface area contributed by atoms with Gasteiger partial charge in [0.15, 0.2) is 0 Å². The maximum atomic E-state index is 13.2. The molecule has 1 saturated heterocycles. The smallest absolute Gasteiger partial charge is 0.254 e. The molecule has 0 aromatic heterocycles. The Balaban J connectivity index is 1.61. The Morgan fingerprint density at radius 2 is 1.66 bits per heavy atom. The summed E-state index contributed by atoms with van der Waals surface area (Å²) in [4.78, 5) is 29.7. The van der Waals surface area contributed by atoms with Gasteiger partial charge in [-0.05, 0) is 36.8 Å². The number of carbonyl (C=O) groups excluding carboxylic acids is 2. The van der Waals surface area contributed by atoms with Crippen LogP contribution in [0, 0.1) is 0 Å². The van der Waals surface area contributed by atoms with E-state index in [0.29, 0.717) is 18.7 Å². The summed E-state index contributed by atoms with van der Waals surface area (Å²) in [6.45, 7) is 2.75. The number of hydrogen-bond acceptors (Lipinski definition) is 2. The van der Waals surface area contributed by atoms with E-state index in [2.05, 4.69) is 15.9 Å². The zero-order valence-corrected chi connectivity index (χ0v) is 17.7. The average Bonchev–Trinajstić information content (AvgIpc) is 2.76. The van der Waals surface area contributed by atoms with E-state index >= 15 is 0 Å². The van der Waals surface area contributed by atoms with Crippen molar-refractivity contribution in [2.75, 3.05) is 18.0 Å². The number of piperazine rings is 1. The molecule has 5 heteroatoms. The highest BCUT2D eigenvalue weighted by Gasteiger charge is 2.36. The molecule has 1 heterocycles. The summed E-state index contributed by atoms with van der Waals surface area (Å²) < 4.78 is 0.845. The minimum Gasteiger partial charge on any atom is -0.325 e. The lowest BCUT2D eigenvalue weighted by Gasteiger charge is -2.39. The summed E-state index contributed by atoms with van der Waals surface area (Å²) in [6, 6.07) is 24.7. The SMILES string of the molecule is CC1C(=O)N(c2ccccc2-c2ccccc2)CCN1C(=O)c1cccc(Br)c1. The second-order valence-electron chi connectivity index (χ2n) is 7.06. The van der Waals surface area contributed by atoms with Crippen LogP contribution in [0.2, 0.25) is 0 Å². The van der Waals surface area contributed by atoms with Crippen molar-refractivity contribution in [2.45, 2.75) is 13.0 Å². The summed E-state index contributed by atoms with van der Waals surface area (Å²) in [5, 5.41) is 0. The van der Waals surface area contributed by atoms with E-state index in [4.69, 9.17) is 0 Å². The molecule has 0 bridgehead atoms. The Bertz CT molecular complexity index is 1050. The van der Waals surface area contributed by atoms with Gasteiger partial charge in [0.1, 0.15) is 6.04 Å². The van der Waals surface area contributed by atoms with E-state index in [0.717, 1.165) is 21.3 Å². The number of amides is 2. The molecule has 0 spiro atoms. The number of para-hydroxylation sites is 1. The third-order valence-electron chi connectivity index (χ3n) is 5.27. The summed E-state index contributed by atoms with van der Waals surface area (Å²) >= 11 is 3.41. The number of rotatable bonds is 3. The fraction of sp³-hybridized carbons (Fsp3) is 0.167. The van der Waals surface area contributed by atoms with E-state index < -0.39 is 6.04 Å². The van der Waals surface area contributed by atoms with Crippen LogP contribution in [0.1, 0.15) is 17.3 Å². The molecule has 1 atom stereocenters. The first kappa shape index (κ1) is 19.4. The highest BCUT2D eigenvalue weighted by Crippen LogP contribution is 2.32. The largest absolute Gasteiger partial charge is 0.325 e. The standard InChI is InChI=1S/C24H21BrN2O2/c1-17-23(28)27(15-14-26(17)24(29)19-10-7-11-20(25)16-19)22-13-6-5-12-21(22)18-8-3-2-4-9-18/h2-13,16-17H,14-15H2,1H3. The zero-order chi connectivity index (χ0) is 20.4. The van der Waals surface area contributed by atoms with E-state index in [1.807, 2.05) is 66.7 Å². The van der Waals surface area contributed by atoms with Gasteiger partial charge in [-0.1, -0.05) is 70.5 Å². The molecule has 1 aliphatic heterocycles. The molecule has 3 aromatic carbocycles. The van der Waals surface area contributed by atoms with Gasteiger partial charge >= 0.3 is 0 Å². The lowest BCUT2D eigenvalue weighted by molar-refractivity contribution is -0.124. The molecular weight excluding hydrogens is 428 g/mol. The highest BCUT2D eigenvalue weighted by molar-refractivity contribution is 9.10. The topological polar surface area (TPSA) is 40.6 Å². The molecular formula is C24H21BrN2O2. The van der Waals surface area contributed by atoms with Crippen LogP contribution in [0.3, 0.4) is 0 Å². The second-order valence-corrected chi connectivity index (χ2v) is 7.97. The first-order chi connectivity index (χ1) is 14.1. The molecule has 3 aromatic rings. The number of nitrogens with zero attached hydrogens (tertiary/aromatic N) is 2. The Morgan fingerprint density at radius 1 is 0.931 bits per heavy atom. The predicted molar refractivity (Wildman–Crippen MR) is 119 cm³/mol. The number of halogens is 1. The first-order valence-electron chi connectivity index (χ1n) is 9.58. The van der Waals surface area contributed by atoms with Crippen LogP contribution in [0.4, 0.5) is 5.69 Å². The van der Waals surface area contributed by atoms with Crippen molar-refractivity contribution in [1.29, 1.82) is 0 Å². The number of carbonyl (C=O) groups is 2. The molecule has 0 aliphatic carbocycles. The number of anilines is 1. The quantitative estimate of drug-likeness (QED) is 0.565. The average molecular weight is 449 g/mol. The van der Waals surface area contributed by atoms with E-state index in [9.17, 15) is 9.59 Å². The normalized spacial score (nSPS) is 16.8. The van der Waals surface area contributed by atoms with Crippen molar-refractivity contribution in [3.8, 4) is 11.1 Å². The molecule has 4 rings (SSSR count). The lowest BCUT2D eigenvalue weighted by atomic mass is 10.0. The van der Waals surface area contributed by atoms with Gasteiger partial charge in [-0.15, -0.1) is 0 Å². The fourth-order valence-electron chi connectivity index (χ4n) is 3.75. The molecule has 0 radical (unpaired) electrons. The van der Waals surface area contributed by atoms with Gasteiger partial charge in [0.25, 0.3) is 5.91 Å². The van der Waals surface area contributed by atoms with Crippen molar-refractivity contribution >= 4 is 33.4 Å². The Labute approximate surface area is 178 Å². The summed E-state index contributed by atoms with van der Waals surface area (Å²) in [7, 11) is 0. The third-order valence-corrected chi connectivity index (χ3v) is 5.76. The lowest BCUT2D eigenvalue weighted by Crippen LogP contribution is -2.57. The fourth-order valence-corrected chi connectivity index (χ4v) is 4.14.